The number of carbonyl (C=O) groups excluding carboxylic acids is 3. The van der Waals surface area contributed by atoms with Crippen molar-refractivity contribution in [2.45, 2.75) is 65.5 Å². The molecule has 3 amide bonds. The van der Waals surface area contributed by atoms with Crippen LogP contribution in [0.4, 0.5) is 16.3 Å². The van der Waals surface area contributed by atoms with Crippen LogP contribution in [0, 0.1) is 5.92 Å². The quantitative estimate of drug-likeness (QED) is 0.443. The normalized spacial score (nSPS) is 17.7. The van der Waals surface area contributed by atoms with Crippen LogP contribution in [0.15, 0.2) is 48.9 Å². The van der Waals surface area contributed by atoms with Crippen LogP contribution in [0.2, 0.25) is 0 Å². The number of hydrogen-bond donors (Lipinski definition) is 2. The van der Waals surface area contributed by atoms with Crippen LogP contribution in [0.5, 0.6) is 0 Å². The average Bonchev–Trinajstić information content (AvgIpc) is 2.87. The van der Waals surface area contributed by atoms with Crippen LogP contribution in [0.3, 0.4) is 0 Å². The molecule has 0 spiro atoms. The summed E-state index contributed by atoms with van der Waals surface area (Å²) in [5.41, 5.74) is 1.45. The van der Waals surface area contributed by atoms with Gasteiger partial charge in [-0.05, 0) is 80.7 Å². The zero-order valence-electron chi connectivity index (χ0n) is 22.6. The summed E-state index contributed by atoms with van der Waals surface area (Å²) < 4.78 is 5.30. The molecule has 200 valence electrons. The Morgan fingerprint density at radius 1 is 1.05 bits per heavy atom. The maximum absolute atomic E-state index is 13.4. The van der Waals surface area contributed by atoms with Crippen molar-refractivity contribution in [3.8, 4) is 0 Å². The van der Waals surface area contributed by atoms with E-state index in [0.717, 1.165) is 29.2 Å². The summed E-state index contributed by atoms with van der Waals surface area (Å²) in [5, 5.41) is 7.43. The number of benzene rings is 1. The van der Waals surface area contributed by atoms with Gasteiger partial charge in [0.1, 0.15) is 11.4 Å². The van der Waals surface area contributed by atoms with E-state index in [-0.39, 0.29) is 6.04 Å². The van der Waals surface area contributed by atoms with Crippen molar-refractivity contribution in [2.75, 3.05) is 17.2 Å². The van der Waals surface area contributed by atoms with Gasteiger partial charge in [-0.25, -0.2) is 9.78 Å². The lowest BCUT2D eigenvalue weighted by Gasteiger charge is -2.38. The fourth-order valence-electron chi connectivity index (χ4n) is 4.71. The smallest absolute Gasteiger partial charge is 0.413 e. The minimum absolute atomic E-state index is 0.188. The number of aromatic nitrogens is 2. The highest BCUT2D eigenvalue weighted by Gasteiger charge is 2.34. The molecule has 1 aliphatic rings. The molecule has 4 rings (SSSR count). The number of likely N-dealkylation sites (tertiary alicyclic amines) is 1. The van der Waals surface area contributed by atoms with E-state index in [2.05, 4.69) is 33.6 Å². The van der Waals surface area contributed by atoms with Crippen molar-refractivity contribution in [2.24, 2.45) is 5.92 Å². The Balaban J connectivity index is 1.50. The Morgan fingerprint density at radius 2 is 1.84 bits per heavy atom. The second-order valence-corrected chi connectivity index (χ2v) is 10.8. The molecule has 9 nitrogen and oxygen atoms in total. The largest absolute Gasteiger partial charge is 0.444 e. The maximum atomic E-state index is 13.4. The van der Waals surface area contributed by atoms with Crippen molar-refractivity contribution < 1.29 is 19.1 Å². The first-order valence-corrected chi connectivity index (χ1v) is 13.0. The predicted molar refractivity (Wildman–Crippen MR) is 147 cm³/mol. The van der Waals surface area contributed by atoms with Gasteiger partial charge in [0.2, 0.25) is 0 Å². The number of fused-ring (bicyclic) bond motifs is 1. The molecule has 0 aliphatic carbocycles. The van der Waals surface area contributed by atoms with Crippen LogP contribution in [0.1, 0.15) is 64.6 Å². The highest BCUT2D eigenvalue weighted by Crippen LogP contribution is 2.35. The number of pyridine rings is 2. The van der Waals surface area contributed by atoms with E-state index in [0.29, 0.717) is 36.0 Å². The lowest BCUT2D eigenvalue weighted by molar-refractivity contribution is -0.146. The minimum atomic E-state index is -0.717. The molecule has 38 heavy (non-hydrogen) atoms. The molecule has 1 aliphatic heterocycles. The molecule has 1 fully saturated rings. The number of hydrogen-bond acceptors (Lipinski definition) is 6. The molecule has 9 heteroatoms. The van der Waals surface area contributed by atoms with E-state index in [1.54, 1.807) is 37.9 Å². The van der Waals surface area contributed by atoms with E-state index in [4.69, 9.17) is 4.74 Å². The molecule has 0 saturated carbocycles. The molecular formula is C29H35N5O4. The van der Waals surface area contributed by atoms with Gasteiger partial charge in [0.05, 0.1) is 17.9 Å². The molecule has 2 N–H and O–H groups in total. The zero-order chi connectivity index (χ0) is 27.4. The van der Waals surface area contributed by atoms with E-state index < -0.39 is 23.5 Å². The lowest BCUT2D eigenvalue weighted by atomic mass is 9.89. The Bertz CT molecular complexity index is 1350. The van der Waals surface area contributed by atoms with Gasteiger partial charge in [0.15, 0.2) is 0 Å². The third kappa shape index (κ3) is 6.45. The molecule has 0 bridgehead atoms. The van der Waals surface area contributed by atoms with E-state index >= 15 is 0 Å². The van der Waals surface area contributed by atoms with Crippen LogP contribution in [0.25, 0.3) is 10.8 Å². The molecule has 0 radical (unpaired) electrons. The van der Waals surface area contributed by atoms with Crippen molar-refractivity contribution in [3.05, 3.63) is 60.0 Å². The first-order chi connectivity index (χ1) is 18.0. The summed E-state index contributed by atoms with van der Waals surface area (Å²) in [6.07, 6.45) is 6.68. The van der Waals surface area contributed by atoms with E-state index in [9.17, 15) is 14.4 Å². The van der Waals surface area contributed by atoms with Crippen molar-refractivity contribution >= 4 is 40.2 Å². The van der Waals surface area contributed by atoms with Gasteiger partial charge < -0.3 is 15.0 Å². The van der Waals surface area contributed by atoms with Gasteiger partial charge in [-0.15, -0.1) is 0 Å². The minimum Gasteiger partial charge on any atom is -0.444 e. The van der Waals surface area contributed by atoms with Gasteiger partial charge in [-0.3, -0.25) is 19.9 Å². The lowest BCUT2D eigenvalue weighted by Crippen LogP contribution is -2.46. The number of ether oxygens (including phenoxy) is 1. The standard InChI is InChI=1S/C29H35N5O4/c1-6-19-14-23(16-31-25(19)33-28(37)38-29(3,4)5)32-26(35)27(36)34-17-18(2)7-10-24(34)21-8-9-22-15-30-12-11-20(22)13-21/h8-9,11-16,18,24H,6-7,10,17H2,1-5H3,(H,32,35)(H,31,33,37)/t18-,24+/m1/s1. The number of nitrogens with zero attached hydrogens (tertiary/aromatic N) is 3. The summed E-state index contributed by atoms with van der Waals surface area (Å²) in [7, 11) is 0. The number of nitrogens with one attached hydrogen (secondary N) is 2. The average molecular weight is 518 g/mol. The number of aryl methyl sites for hydroxylation is 1. The Labute approximate surface area is 223 Å². The van der Waals surface area contributed by atoms with Gasteiger partial charge >= 0.3 is 17.9 Å². The van der Waals surface area contributed by atoms with E-state index in [1.165, 1.54) is 6.20 Å². The monoisotopic (exact) mass is 517 g/mol. The molecule has 1 saturated heterocycles. The first kappa shape index (κ1) is 27.0. The molecule has 3 heterocycles. The summed E-state index contributed by atoms with van der Waals surface area (Å²) in [5.74, 6) is -0.655. The molecular weight excluding hydrogens is 482 g/mol. The Morgan fingerprint density at radius 3 is 2.58 bits per heavy atom. The van der Waals surface area contributed by atoms with Crippen LogP contribution in [-0.2, 0) is 20.7 Å². The summed E-state index contributed by atoms with van der Waals surface area (Å²) >= 11 is 0. The number of piperidine rings is 1. The number of rotatable bonds is 4. The third-order valence-corrected chi connectivity index (χ3v) is 6.55. The summed E-state index contributed by atoms with van der Waals surface area (Å²) in [6.45, 7) is 9.84. The highest BCUT2D eigenvalue weighted by atomic mass is 16.6. The Kier molecular flexibility index (Phi) is 7.94. The maximum Gasteiger partial charge on any atom is 0.413 e. The number of amides is 3. The molecule has 2 atom stereocenters. The van der Waals surface area contributed by atoms with Crippen LogP contribution >= 0.6 is 0 Å². The molecule has 1 aromatic carbocycles. The topological polar surface area (TPSA) is 114 Å². The van der Waals surface area contributed by atoms with Gasteiger partial charge in [0, 0.05) is 24.3 Å². The van der Waals surface area contributed by atoms with Gasteiger partial charge in [0.25, 0.3) is 0 Å². The van der Waals surface area contributed by atoms with Gasteiger partial charge in [-0.1, -0.05) is 26.0 Å². The third-order valence-electron chi connectivity index (χ3n) is 6.55. The fraction of sp³-hybridized carbons (Fsp3) is 0.414. The first-order valence-electron chi connectivity index (χ1n) is 13.0. The second kappa shape index (κ2) is 11.2. The van der Waals surface area contributed by atoms with Gasteiger partial charge in [-0.2, -0.15) is 0 Å². The summed E-state index contributed by atoms with van der Waals surface area (Å²) in [4.78, 5) is 48.8. The highest BCUT2D eigenvalue weighted by molar-refractivity contribution is 6.39. The van der Waals surface area contributed by atoms with Crippen LogP contribution in [-0.4, -0.2) is 44.9 Å². The Hall–Kier alpha value is -4.01. The fourth-order valence-corrected chi connectivity index (χ4v) is 4.71. The van der Waals surface area contributed by atoms with Crippen LogP contribution < -0.4 is 10.6 Å². The van der Waals surface area contributed by atoms with Crippen molar-refractivity contribution in [1.29, 1.82) is 0 Å². The summed E-state index contributed by atoms with van der Waals surface area (Å²) in [6, 6.07) is 9.55. The van der Waals surface area contributed by atoms with E-state index in [1.807, 2.05) is 31.3 Å². The second-order valence-electron chi connectivity index (χ2n) is 10.8. The van der Waals surface area contributed by atoms with Crippen molar-refractivity contribution in [3.63, 3.8) is 0 Å². The predicted octanol–water partition coefficient (Wildman–Crippen LogP) is 5.48. The molecule has 2 aromatic heterocycles. The number of anilines is 2. The zero-order valence-corrected chi connectivity index (χ0v) is 22.6. The number of carbonyl (C=O) groups is 3. The molecule has 3 aromatic rings. The van der Waals surface area contributed by atoms with Crippen molar-refractivity contribution in [1.82, 2.24) is 14.9 Å². The SMILES string of the molecule is CCc1cc(NC(=O)C(=O)N2C[C@H](C)CC[C@H]2c2ccc3cnccc3c2)cnc1NC(=O)OC(C)(C)C. The molecule has 0 unspecified atom stereocenters.